The number of rotatable bonds is 6. The summed E-state index contributed by atoms with van der Waals surface area (Å²) in [6, 6.07) is 0. The molecule has 19 heavy (non-hydrogen) atoms. The minimum absolute atomic E-state index is 0. The summed E-state index contributed by atoms with van der Waals surface area (Å²) in [4.78, 5) is 0. The molecule has 2 saturated heterocycles. The Balaban J connectivity index is 0.00000180. The number of hydrogen-bond acceptors (Lipinski definition) is 6. The Kier molecular flexibility index (Phi) is 6.46. The Morgan fingerprint density at radius 3 is 2.47 bits per heavy atom. The zero-order valence-corrected chi connectivity index (χ0v) is 12.7. The highest BCUT2D eigenvalue weighted by molar-refractivity contribution is 5.85. The van der Waals surface area contributed by atoms with Crippen molar-refractivity contribution in [3.63, 3.8) is 0 Å². The van der Waals surface area contributed by atoms with E-state index >= 15 is 0 Å². The zero-order chi connectivity index (χ0) is 13.2. The van der Waals surface area contributed by atoms with Crippen molar-refractivity contribution in [2.45, 2.75) is 44.2 Å². The van der Waals surface area contributed by atoms with Crippen molar-refractivity contribution in [2.75, 3.05) is 33.9 Å². The van der Waals surface area contributed by atoms with Crippen molar-refractivity contribution < 1.29 is 23.7 Å². The van der Waals surface area contributed by atoms with E-state index in [1.54, 1.807) is 14.2 Å². The molecule has 0 aromatic heterocycles. The summed E-state index contributed by atoms with van der Waals surface area (Å²) in [5, 5.41) is 3.27. The lowest BCUT2D eigenvalue weighted by Crippen LogP contribution is -2.38. The second-order valence-corrected chi connectivity index (χ2v) is 5.04. The first-order valence-corrected chi connectivity index (χ1v) is 6.31. The molecule has 2 aliphatic rings. The predicted molar refractivity (Wildman–Crippen MR) is 71.5 cm³/mol. The van der Waals surface area contributed by atoms with E-state index in [-0.39, 0.29) is 37.0 Å². The van der Waals surface area contributed by atoms with Gasteiger partial charge < -0.3 is 29.0 Å². The van der Waals surface area contributed by atoms with Crippen molar-refractivity contribution >= 4 is 12.4 Å². The van der Waals surface area contributed by atoms with E-state index in [2.05, 4.69) is 5.32 Å². The number of halogens is 1. The monoisotopic (exact) mass is 297 g/mol. The second kappa shape index (κ2) is 7.17. The van der Waals surface area contributed by atoms with Crippen LogP contribution in [0.25, 0.3) is 0 Å². The van der Waals surface area contributed by atoms with Crippen molar-refractivity contribution in [2.24, 2.45) is 0 Å². The molecule has 4 atom stereocenters. The topological polar surface area (TPSA) is 58.2 Å². The molecule has 0 radical (unpaired) electrons. The van der Waals surface area contributed by atoms with Gasteiger partial charge in [-0.1, -0.05) is 0 Å². The smallest absolute Gasteiger partial charge is 0.186 e. The molecule has 2 fully saturated rings. The fourth-order valence-electron chi connectivity index (χ4n) is 2.41. The normalized spacial score (nSPS) is 36.0. The summed E-state index contributed by atoms with van der Waals surface area (Å²) in [6.07, 6.45) is -0.649. The van der Waals surface area contributed by atoms with Crippen molar-refractivity contribution in [3.8, 4) is 0 Å². The Bertz CT molecular complexity index is 279. The molecule has 0 spiro atoms. The van der Waals surface area contributed by atoms with Gasteiger partial charge in [0.05, 0.1) is 6.61 Å². The molecular weight excluding hydrogens is 274 g/mol. The van der Waals surface area contributed by atoms with Crippen LogP contribution >= 0.6 is 12.4 Å². The quantitative estimate of drug-likeness (QED) is 0.722. The molecule has 0 aliphatic carbocycles. The molecule has 0 aromatic carbocycles. The highest BCUT2D eigenvalue weighted by Gasteiger charge is 2.55. The van der Waals surface area contributed by atoms with Gasteiger partial charge in [0, 0.05) is 27.3 Å². The number of nitrogens with one attached hydrogen (secondary N) is 1. The molecule has 0 amide bonds. The highest BCUT2D eigenvalue weighted by Crippen LogP contribution is 2.38. The lowest BCUT2D eigenvalue weighted by Gasteiger charge is -2.23. The molecule has 7 heteroatoms. The van der Waals surface area contributed by atoms with E-state index in [0.29, 0.717) is 13.2 Å². The molecule has 2 aliphatic heterocycles. The molecule has 1 N–H and O–H groups in total. The third kappa shape index (κ3) is 4.01. The average Bonchev–Trinajstić information content (AvgIpc) is 2.78. The first kappa shape index (κ1) is 17.1. The van der Waals surface area contributed by atoms with Crippen molar-refractivity contribution in [1.29, 1.82) is 0 Å². The molecule has 2 rings (SSSR count). The molecule has 114 valence electrons. The van der Waals surface area contributed by atoms with Gasteiger partial charge in [-0.25, -0.2) is 0 Å². The molecular formula is C12H24ClNO5. The summed E-state index contributed by atoms with van der Waals surface area (Å²) in [5.41, 5.74) is 0. The van der Waals surface area contributed by atoms with Crippen LogP contribution in [0.4, 0.5) is 0 Å². The van der Waals surface area contributed by atoms with E-state index in [4.69, 9.17) is 23.7 Å². The van der Waals surface area contributed by atoms with Gasteiger partial charge in [-0.3, -0.25) is 0 Å². The van der Waals surface area contributed by atoms with Gasteiger partial charge in [0.2, 0.25) is 0 Å². The SMILES string of the molecule is COCCNC[C@H]1O[C@@H](OC)[C@@H]2OC(C)(C)O[C@@H]21.Cl. The zero-order valence-electron chi connectivity index (χ0n) is 11.9. The van der Waals surface area contributed by atoms with Crippen LogP contribution in [0.2, 0.25) is 0 Å². The molecule has 0 bridgehead atoms. The number of hydrogen-bond donors (Lipinski definition) is 1. The summed E-state index contributed by atoms with van der Waals surface area (Å²) in [5.74, 6) is -0.569. The van der Waals surface area contributed by atoms with Crippen LogP contribution < -0.4 is 5.32 Å². The largest absolute Gasteiger partial charge is 0.383 e. The average molecular weight is 298 g/mol. The Morgan fingerprint density at radius 2 is 1.84 bits per heavy atom. The summed E-state index contributed by atoms with van der Waals surface area (Å²) in [6.45, 7) is 5.98. The first-order chi connectivity index (χ1) is 8.57. The minimum atomic E-state index is -0.569. The molecule has 2 heterocycles. The van der Waals surface area contributed by atoms with Crippen molar-refractivity contribution in [1.82, 2.24) is 5.32 Å². The summed E-state index contributed by atoms with van der Waals surface area (Å²) < 4.78 is 27.7. The van der Waals surface area contributed by atoms with E-state index in [0.717, 1.165) is 6.54 Å². The molecule has 0 aromatic rings. The standard InChI is InChI=1S/C12H23NO5.ClH/c1-12(2)17-9-8(7-13-5-6-14-3)16-11(15-4)10(9)18-12;/h8-11,13H,5-7H2,1-4H3;1H/t8-,9-,10-,11-;/m1./s1. The molecule has 0 unspecified atom stereocenters. The fourth-order valence-corrected chi connectivity index (χ4v) is 2.41. The van der Waals surface area contributed by atoms with Crippen molar-refractivity contribution in [3.05, 3.63) is 0 Å². The predicted octanol–water partition coefficient (Wildman–Crippen LogP) is 0.536. The van der Waals surface area contributed by atoms with Gasteiger partial charge >= 0.3 is 0 Å². The lowest BCUT2D eigenvalue weighted by molar-refractivity contribution is -0.226. The highest BCUT2D eigenvalue weighted by atomic mass is 35.5. The van der Waals surface area contributed by atoms with E-state index < -0.39 is 5.79 Å². The first-order valence-electron chi connectivity index (χ1n) is 6.31. The Morgan fingerprint density at radius 1 is 1.16 bits per heavy atom. The summed E-state index contributed by atoms with van der Waals surface area (Å²) >= 11 is 0. The second-order valence-electron chi connectivity index (χ2n) is 5.04. The van der Waals surface area contributed by atoms with Gasteiger partial charge in [0.15, 0.2) is 12.1 Å². The van der Waals surface area contributed by atoms with E-state index in [9.17, 15) is 0 Å². The van der Waals surface area contributed by atoms with Crippen LogP contribution in [0.15, 0.2) is 0 Å². The molecule has 0 saturated carbocycles. The van der Waals surface area contributed by atoms with Gasteiger partial charge in [0.1, 0.15) is 18.3 Å². The van der Waals surface area contributed by atoms with Crippen LogP contribution in [-0.2, 0) is 23.7 Å². The number of methoxy groups -OCH3 is 2. The van der Waals surface area contributed by atoms with E-state index in [1.165, 1.54) is 0 Å². The lowest BCUT2D eigenvalue weighted by atomic mass is 10.1. The van der Waals surface area contributed by atoms with Gasteiger partial charge in [-0.2, -0.15) is 0 Å². The van der Waals surface area contributed by atoms with Crippen LogP contribution in [0.5, 0.6) is 0 Å². The maximum Gasteiger partial charge on any atom is 0.186 e. The summed E-state index contributed by atoms with van der Waals surface area (Å²) in [7, 11) is 3.30. The van der Waals surface area contributed by atoms with Gasteiger partial charge in [-0.15, -0.1) is 12.4 Å². The van der Waals surface area contributed by atoms with Crippen LogP contribution in [-0.4, -0.2) is 64.3 Å². The molecule has 6 nitrogen and oxygen atoms in total. The van der Waals surface area contributed by atoms with Crippen LogP contribution in [0.1, 0.15) is 13.8 Å². The third-order valence-corrected chi connectivity index (χ3v) is 3.17. The number of ether oxygens (including phenoxy) is 5. The Labute approximate surface area is 120 Å². The maximum absolute atomic E-state index is 5.88. The van der Waals surface area contributed by atoms with Crippen LogP contribution in [0, 0.1) is 0 Å². The van der Waals surface area contributed by atoms with E-state index in [1.807, 2.05) is 13.8 Å². The minimum Gasteiger partial charge on any atom is -0.383 e. The van der Waals surface area contributed by atoms with Gasteiger partial charge in [0.25, 0.3) is 0 Å². The Hall–Kier alpha value is 0.0500. The third-order valence-electron chi connectivity index (χ3n) is 3.17. The number of fused-ring (bicyclic) bond motifs is 1. The maximum atomic E-state index is 5.88. The van der Waals surface area contributed by atoms with Crippen LogP contribution in [0.3, 0.4) is 0 Å². The fraction of sp³-hybridized carbons (Fsp3) is 1.00. The van der Waals surface area contributed by atoms with Gasteiger partial charge in [-0.05, 0) is 13.8 Å².